The molecule has 0 unspecified atom stereocenters. The number of rotatable bonds is 0. The van der Waals surface area contributed by atoms with E-state index in [4.69, 9.17) is 32.8 Å². The minimum Gasteiger partial charge on any atom is -0.759 e. The van der Waals surface area contributed by atoms with Gasteiger partial charge in [-0.15, -0.1) is 0 Å². The smallest absolute Gasteiger partial charge is 0.759 e. The van der Waals surface area contributed by atoms with Crippen LogP contribution < -0.4 is 29.6 Å². The molecule has 0 saturated heterocycles. The fourth-order valence-corrected chi connectivity index (χ4v) is 0. The van der Waals surface area contributed by atoms with E-state index in [2.05, 4.69) is 0 Å². The molecule has 11 heavy (non-hydrogen) atoms. The van der Waals surface area contributed by atoms with Crippen LogP contribution in [0.5, 0.6) is 0 Å². The Bertz CT molecular complexity index is 161. The fourth-order valence-electron chi connectivity index (χ4n) is 0. The Labute approximate surface area is 124 Å². The van der Waals surface area contributed by atoms with Crippen LogP contribution in [0, 0.1) is 15.3 Å². The molecule has 0 spiro atoms. The monoisotopic (exact) mass is 319 g/mol. The fraction of sp³-hybridized carbons (Fsp3) is 0. The minimum absolute atomic E-state index is 0. The maximum absolute atomic E-state index is 8.52. The van der Waals surface area contributed by atoms with Crippen molar-refractivity contribution in [2.45, 2.75) is 0 Å². The number of nitrogens with zero attached hydrogens (tertiary/aromatic N) is 1. The van der Waals surface area contributed by atoms with Crippen molar-refractivity contribution >= 4 is 59.3 Å². The molecule has 0 rings (SSSR count). The van der Waals surface area contributed by atoms with Crippen molar-refractivity contribution in [3.63, 3.8) is 0 Å². The van der Waals surface area contributed by atoms with Gasteiger partial charge >= 0.3 is 78.4 Å². The second-order valence-electron chi connectivity index (χ2n) is 0.632. The Morgan fingerprint density at radius 2 is 1.09 bits per heavy atom. The summed E-state index contributed by atoms with van der Waals surface area (Å²) < 4.78 is 34.1. The summed E-state index contributed by atoms with van der Waals surface area (Å²) >= 11 is 0. The van der Waals surface area contributed by atoms with E-state index in [1.165, 1.54) is 0 Å². The average Bonchev–Trinajstić information content (AvgIpc) is 1.19. The van der Waals surface area contributed by atoms with E-state index in [0.717, 1.165) is 0 Å². The second-order valence-corrected chi connectivity index (χ2v) is 1.45. The van der Waals surface area contributed by atoms with Crippen LogP contribution in [0.3, 0.4) is 0 Å². The van der Waals surface area contributed by atoms with Crippen LogP contribution in [0.4, 0.5) is 0 Å². The van der Waals surface area contributed by atoms with Gasteiger partial charge in [0.1, 0.15) is 0 Å². The molecule has 0 aromatic carbocycles. The molecule has 8 nitrogen and oxygen atoms in total. The van der Waals surface area contributed by atoms with Crippen LogP contribution in [0.2, 0.25) is 0 Å². The van der Waals surface area contributed by atoms with Gasteiger partial charge in [-0.25, -0.2) is 0 Å². The molecule has 0 aliphatic carbocycles. The van der Waals surface area contributed by atoms with Crippen LogP contribution in [-0.2, 0) is 10.4 Å². The summed E-state index contributed by atoms with van der Waals surface area (Å²) in [7, 11) is -5.17. The van der Waals surface area contributed by atoms with Crippen molar-refractivity contribution in [2.24, 2.45) is 0 Å². The normalized spacial score (nSPS) is 7.45. The summed E-state index contributed by atoms with van der Waals surface area (Å²) in [5.74, 6) is 0. The zero-order chi connectivity index (χ0) is 8.08. The largest absolute Gasteiger partial charge is 2.00 e. The Morgan fingerprint density at radius 3 is 1.09 bits per heavy atom. The maximum atomic E-state index is 8.52. The Hall–Kier alpha value is 1.64. The van der Waals surface area contributed by atoms with Crippen molar-refractivity contribution in [2.75, 3.05) is 0 Å². The SMILES string of the molecule is O=S(=O)([O-])[O-].O=[N+]([O-])[O-].[Ba+2].[Na+]. The van der Waals surface area contributed by atoms with Gasteiger partial charge in [-0.2, -0.15) is 0 Å². The van der Waals surface area contributed by atoms with Crippen LogP contribution >= 0.6 is 0 Å². The summed E-state index contributed by atoms with van der Waals surface area (Å²) in [4.78, 5) is 8.25. The first kappa shape index (κ1) is 22.9. The van der Waals surface area contributed by atoms with Gasteiger partial charge < -0.3 is 24.4 Å². The molecule has 0 fully saturated rings. The van der Waals surface area contributed by atoms with Gasteiger partial charge in [0.15, 0.2) is 0 Å². The molecule has 56 valence electrons. The van der Waals surface area contributed by atoms with E-state index < -0.39 is 15.5 Å². The first-order chi connectivity index (χ1) is 3.73. The molecule has 0 amide bonds. The molecule has 0 bridgehead atoms. The first-order valence-electron chi connectivity index (χ1n) is 1.21. The number of hydrogen-bond donors (Lipinski definition) is 0. The van der Waals surface area contributed by atoms with Crippen LogP contribution in [0.15, 0.2) is 0 Å². The van der Waals surface area contributed by atoms with Crippen LogP contribution in [0.25, 0.3) is 0 Å². The van der Waals surface area contributed by atoms with Crippen molar-refractivity contribution in [3.05, 3.63) is 15.3 Å². The van der Waals surface area contributed by atoms with Crippen LogP contribution in [-0.4, -0.2) is 71.5 Å². The molecule has 0 radical (unpaired) electrons. The molecular weight excluding hydrogens is 318 g/mol. The second kappa shape index (κ2) is 11.6. The standard InChI is InChI=1S/Ba.NO3.Na.H2O4S/c;2-1(3)4;;1-5(2,3)4/h;;;(H2,1,2,3,4)/q+2;-1;+1;/p-2. The van der Waals surface area contributed by atoms with Gasteiger partial charge in [0, 0.05) is 10.4 Å². The third-order valence-corrected chi connectivity index (χ3v) is 0. The molecule has 0 aliphatic rings. The maximum Gasteiger partial charge on any atom is 2.00 e. The Balaban J connectivity index is -0.0000000383. The summed E-state index contributed by atoms with van der Waals surface area (Å²) in [6.45, 7) is 0. The minimum atomic E-state index is -5.17. The predicted octanol–water partition coefficient (Wildman–Crippen LogP) is -4.95. The summed E-state index contributed by atoms with van der Waals surface area (Å²) in [5, 5.41) is 14.8. The molecule has 0 atom stereocenters. The average molecular weight is 318 g/mol. The van der Waals surface area contributed by atoms with Gasteiger partial charge in [0.25, 0.3) is 0 Å². The van der Waals surface area contributed by atoms with E-state index in [0.29, 0.717) is 0 Å². The topological polar surface area (TPSA) is 146 Å². The molecule has 0 heterocycles. The summed E-state index contributed by atoms with van der Waals surface area (Å²) in [5.41, 5.74) is 0. The third kappa shape index (κ3) is 402. The van der Waals surface area contributed by atoms with Gasteiger partial charge in [-0.1, -0.05) is 0 Å². The van der Waals surface area contributed by atoms with Gasteiger partial charge in [-0.05, 0) is 0 Å². The molecular formula is BaNNaO7S. The molecule has 0 N–H and O–H groups in total. The van der Waals surface area contributed by atoms with Gasteiger partial charge in [0.2, 0.25) is 0 Å². The first-order valence-corrected chi connectivity index (χ1v) is 2.55. The van der Waals surface area contributed by atoms with Crippen molar-refractivity contribution in [1.82, 2.24) is 0 Å². The van der Waals surface area contributed by atoms with Crippen LogP contribution in [0.1, 0.15) is 0 Å². The van der Waals surface area contributed by atoms with Gasteiger partial charge in [-0.3, -0.25) is 8.42 Å². The number of hydrogen-bond acceptors (Lipinski definition) is 7. The Kier molecular flexibility index (Phi) is 24.3. The third-order valence-electron chi connectivity index (χ3n) is 0. The molecule has 11 heteroatoms. The van der Waals surface area contributed by atoms with Gasteiger partial charge in [0.05, 0.1) is 5.09 Å². The zero-order valence-electron chi connectivity index (χ0n) is 5.42. The van der Waals surface area contributed by atoms with E-state index >= 15 is 0 Å². The van der Waals surface area contributed by atoms with E-state index in [1.807, 2.05) is 0 Å². The quantitative estimate of drug-likeness (QED) is 0.143. The molecule has 0 aromatic heterocycles. The van der Waals surface area contributed by atoms with Crippen molar-refractivity contribution in [1.29, 1.82) is 0 Å². The van der Waals surface area contributed by atoms with E-state index in [-0.39, 0.29) is 78.4 Å². The van der Waals surface area contributed by atoms with Crippen molar-refractivity contribution < 1.29 is 52.2 Å². The molecule has 0 aliphatic heterocycles. The summed E-state index contributed by atoms with van der Waals surface area (Å²) in [6, 6.07) is 0. The van der Waals surface area contributed by atoms with E-state index in [1.54, 1.807) is 0 Å². The van der Waals surface area contributed by atoms with E-state index in [9.17, 15) is 0 Å². The zero-order valence-corrected chi connectivity index (χ0v) is 12.7. The molecule has 0 aromatic rings. The Morgan fingerprint density at radius 1 is 1.09 bits per heavy atom. The summed E-state index contributed by atoms with van der Waals surface area (Å²) in [6.07, 6.45) is 0. The molecule has 0 saturated carbocycles. The van der Waals surface area contributed by atoms with Crippen molar-refractivity contribution in [3.8, 4) is 0 Å². The predicted molar refractivity (Wildman–Crippen MR) is 26.6 cm³/mol.